The number of nitrogens with zero attached hydrogens (tertiary/aromatic N) is 1. The van der Waals surface area contributed by atoms with Gasteiger partial charge in [-0.2, -0.15) is 4.72 Å². The van der Waals surface area contributed by atoms with Gasteiger partial charge in [0, 0.05) is 13.1 Å². The maximum absolute atomic E-state index is 12.5. The Morgan fingerprint density at radius 3 is 2.26 bits per heavy atom. The van der Waals surface area contributed by atoms with Crippen LogP contribution in [0.1, 0.15) is 58.4 Å². The van der Waals surface area contributed by atoms with Crippen molar-refractivity contribution in [3.8, 4) is 5.75 Å². The number of unbranched alkanes of at least 4 members (excludes halogenated alkanes) is 1. The highest BCUT2D eigenvalue weighted by atomic mass is 32.2. The van der Waals surface area contributed by atoms with Crippen LogP contribution in [0.5, 0.6) is 5.75 Å². The molecule has 1 amide bonds. The van der Waals surface area contributed by atoms with E-state index in [1.165, 1.54) is 12.1 Å². The van der Waals surface area contributed by atoms with E-state index >= 15 is 0 Å². The maximum Gasteiger partial charge on any atom is 0.410 e. The molecule has 3 rings (SSSR count). The lowest BCUT2D eigenvalue weighted by atomic mass is 9.92. The third-order valence-corrected chi connectivity index (χ3v) is 8.04. The number of amides is 1. The summed E-state index contributed by atoms with van der Waals surface area (Å²) < 4.78 is 38.6. The van der Waals surface area contributed by atoms with Gasteiger partial charge in [0.15, 0.2) is 0 Å². The van der Waals surface area contributed by atoms with Crippen LogP contribution in [-0.4, -0.2) is 61.8 Å². The molecule has 1 heterocycles. The van der Waals surface area contributed by atoms with Gasteiger partial charge in [-0.05, 0) is 88.6 Å². The van der Waals surface area contributed by atoms with Crippen molar-refractivity contribution in [1.82, 2.24) is 9.62 Å². The molecule has 39 heavy (non-hydrogen) atoms. The third-order valence-electron chi connectivity index (χ3n) is 6.55. The van der Waals surface area contributed by atoms with Crippen LogP contribution >= 0.6 is 0 Å². The van der Waals surface area contributed by atoms with Gasteiger partial charge in [-0.15, -0.1) is 0 Å². The van der Waals surface area contributed by atoms with Crippen LogP contribution in [0.3, 0.4) is 0 Å². The Morgan fingerprint density at radius 1 is 1.03 bits per heavy atom. The number of hydrogen-bond acceptors (Lipinski definition) is 6. The second kappa shape index (κ2) is 13.8. The lowest BCUT2D eigenvalue weighted by Crippen LogP contribution is -2.42. The average molecular weight is 561 g/mol. The minimum atomic E-state index is -3.95. The molecule has 10 heteroatoms. The Kier molecular flexibility index (Phi) is 10.8. The SMILES string of the molecule is CC(C)(C)OC(=O)N1CCC(CCCCOc2ccc(C[C@H](NS(=O)(=O)c3ccccc3)C(=O)O)cc2)CC1. The van der Waals surface area contributed by atoms with Crippen molar-refractivity contribution >= 4 is 22.1 Å². The fourth-order valence-electron chi connectivity index (χ4n) is 4.45. The molecule has 0 aliphatic carbocycles. The summed E-state index contributed by atoms with van der Waals surface area (Å²) in [6.07, 6.45) is 4.80. The second-order valence-electron chi connectivity index (χ2n) is 10.9. The molecule has 0 aromatic heterocycles. The van der Waals surface area contributed by atoms with E-state index in [0.29, 0.717) is 23.8 Å². The van der Waals surface area contributed by atoms with Gasteiger partial charge in [0.1, 0.15) is 17.4 Å². The van der Waals surface area contributed by atoms with E-state index in [-0.39, 0.29) is 17.4 Å². The summed E-state index contributed by atoms with van der Waals surface area (Å²) >= 11 is 0. The molecular formula is C29H40N2O7S. The Hall–Kier alpha value is -3.11. The topological polar surface area (TPSA) is 122 Å². The molecule has 1 fully saturated rings. The highest BCUT2D eigenvalue weighted by molar-refractivity contribution is 7.89. The fraction of sp³-hybridized carbons (Fsp3) is 0.517. The molecule has 0 bridgehead atoms. The van der Waals surface area contributed by atoms with Crippen molar-refractivity contribution in [3.05, 3.63) is 60.2 Å². The predicted octanol–water partition coefficient (Wildman–Crippen LogP) is 4.86. The average Bonchev–Trinajstić information content (AvgIpc) is 2.89. The summed E-state index contributed by atoms with van der Waals surface area (Å²) in [7, 11) is -3.95. The first kappa shape index (κ1) is 30.4. The molecule has 0 spiro atoms. The van der Waals surface area contributed by atoms with Crippen LogP contribution in [0.4, 0.5) is 4.79 Å². The van der Waals surface area contributed by atoms with Crippen molar-refractivity contribution < 1.29 is 32.6 Å². The highest BCUT2D eigenvalue weighted by Gasteiger charge is 2.27. The number of carbonyl (C=O) groups is 2. The molecule has 2 aromatic carbocycles. The van der Waals surface area contributed by atoms with Crippen LogP contribution in [0.2, 0.25) is 0 Å². The zero-order valence-corrected chi connectivity index (χ0v) is 23.8. The largest absolute Gasteiger partial charge is 0.494 e. The molecule has 214 valence electrons. The quantitative estimate of drug-likeness (QED) is 0.356. The van der Waals surface area contributed by atoms with Gasteiger partial charge in [-0.1, -0.05) is 36.8 Å². The van der Waals surface area contributed by atoms with Crippen molar-refractivity contribution in [2.75, 3.05) is 19.7 Å². The minimum Gasteiger partial charge on any atom is -0.494 e. The van der Waals surface area contributed by atoms with Gasteiger partial charge >= 0.3 is 12.1 Å². The van der Waals surface area contributed by atoms with E-state index in [1.807, 2.05) is 20.8 Å². The molecule has 0 radical (unpaired) electrons. The molecule has 1 aliphatic heterocycles. The zero-order valence-electron chi connectivity index (χ0n) is 23.0. The summed E-state index contributed by atoms with van der Waals surface area (Å²) in [5.74, 6) is 0.0379. The van der Waals surface area contributed by atoms with Gasteiger partial charge in [-0.3, -0.25) is 4.79 Å². The normalized spacial score (nSPS) is 15.5. The van der Waals surface area contributed by atoms with Crippen LogP contribution in [0, 0.1) is 5.92 Å². The lowest BCUT2D eigenvalue weighted by molar-refractivity contribution is -0.138. The first-order valence-electron chi connectivity index (χ1n) is 13.4. The Balaban J connectivity index is 1.36. The number of hydrogen-bond donors (Lipinski definition) is 2. The van der Waals surface area contributed by atoms with Gasteiger partial charge in [0.25, 0.3) is 0 Å². The number of rotatable bonds is 12. The van der Waals surface area contributed by atoms with E-state index < -0.39 is 27.6 Å². The summed E-state index contributed by atoms with van der Waals surface area (Å²) in [5, 5.41) is 9.56. The smallest absolute Gasteiger partial charge is 0.410 e. The van der Waals surface area contributed by atoms with Gasteiger partial charge in [0.05, 0.1) is 11.5 Å². The number of piperidine rings is 1. The molecule has 1 saturated heterocycles. The van der Waals surface area contributed by atoms with Crippen LogP contribution in [0.25, 0.3) is 0 Å². The number of likely N-dealkylation sites (tertiary alicyclic amines) is 1. The second-order valence-corrected chi connectivity index (χ2v) is 12.6. The Labute approximate surface area is 231 Å². The Bertz CT molecular complexity index is 1170. The number of aliphatic carboxylic acids is 1. The van der Waals surface area contributed by atoms with Crippen LogP contribution < -0.4 is 9.46 Å². The molecule has 2 N–H and O–H groups in total. The number of ether oxygens (including phenoxy) is 2. The number of carbonyl (C=O) groups excluding carboxylic acids is 1. The van der Waals surface area contributed by atoms with E-state index in [1.54, 1.807) is 47.4 Å². The van der Waals surface area contributed by atoms with Crippen molar-refractivity contribution in [2.45, 2.75) is 75.8 Å². The van der Waals surface area contributed by atoms with Crippen molar-refractivity contribution in [2.24, 2.45) is 5.92 Å². The molecule has 0 saturated carbocycles. The van der Waals surface area contributed by atoms with E-state index in [9.17, 15) is 23.1 Å². The third kappa shape index (κ3) is 10.2. The molecule has 1 atom stereocenters. The highest BCUT2D eigenvalue weighted by Crippen LogP contribution is 2.24. The molecule has 2 aromatic rings. The summed E-state index contributed by atoms with van der Waals surface area (Å²) in [6, 6.07) is 13.4. The maximum atomic E-state index is 12.5. The molecular weight excluding hydrogens is 520 g/mol. The first-order valence-corrected chi connectivity index (χ1v) is 14.9. The minimum absolute atomic E-state index is 0.00835. The predicted molar refractivity (Wildman–Crippen MR) is 148 cm³/mol. The van der Waals surface area contributed by atoms with Gasteiger partial charge < -0.3 is 19.5 Å². The molecule has 1 aliphatic rings. The fourth-order valence-corrected chi connectivity index (χ4v) is 5.66. The summed E-state index contributed by atoms with van der Waals surface area (Å²) in [5.41, 5.74) is 0.209. The summed E-state index contributed by atoms with van der Waals surface area (Å²) in [4.78, 5) is 25.7. The van der Waals surface area contributed by atoms with Crippen LogP contribution in [0.15, 0.2) is 59.5 Å². The number of benzene rings is 2. The summed E-state index contributed by atoms with van der Waals surface area (Å²) in [6.45, 7) is 7.68. The number of sulfonamides is 1. The molecule has 0 unspecified atom stereocenters. The van der Waals surface area contributed by atoms with Gasteiger partial charge in [-0.25, -0.2) is 13.2 Å². The van der Waals surface area contributed by atoms with E-state index in [4.69, 9.17) is 9.47 Å². The van der Waals surface area contributed by atoms with Crippen molar-refractivity contribution in [1.29, 1.82) is 0 Å². The molecule has 9 nitrogen and oxygen atoms in total. The first-order chi connectivity index (χ1) is 18.4. The lowest BCUT2D eigenvalue weighted by Gasteiger charge is -2.33. The number of carboxylic acid groups (broad SMARTS) is 1. The van der Waals surface area contributed by atoms with Crippen molar-refractivity contribution in [3.63, 3.8) is 0 Å². The number of carboxylic acids is 1. The van der Waals surface area contributed by atoms with Gasteiger partial charge in [0.2, 0.25) is 10.0 Å². The Morgan fingerprint density at radius 2 is 1.67 bits per heavy atom. The number of nitrogens with one attached hydrogen (secondary N) is 1. The van der Waals surface area contributed by atoms with E-state index in [2.05, 4.69) is 4.72 Å². The standard InChI is InChI=1S/C29H40N2O7S/c1-29(2,3)38-28(34)31-18-16-22(17-19-31)9-7-8-20-37-24-14-12-23(13-15-24)21-26(27(32)33)30-39(35,36)25-10-5-4-6-11-25/h4-6,10-15,22,26,30H,7-9,16-21H2,1-3H3,(H,32,33)/t26-/m0/s1. The zero-order chi connectivity index (χ0) is 28.5. The van der Waals surface area contributed by atoms with Crippen LogP contribution in [-0.2, 0) is 26.0 Å². The van der Waals surface area contributed by atoms with E-state index in [0.717, 1.165) is 45.2 Å². The monoisotopic (exact) mass is 560 g/mol.